The van der Waals surface area contributed by atoms with E-state index in [-0.39, 0.29) is 22.8 Å². The van der Waals surface area contributed by atoms with Crippen LogP contribution in [-0.2, 0) is 26.8 Å². The number of anilines is 1. The van der Waals surface area contributed by atoms with Gasteiger partial charge in [-0.25, -0.2) is 8.42 Å². The van der Waals surface area contributed by atoms with Gasteiger partial charge in [0.25, 0.3) is 15.9 Å². The molecule has 1 N–H and O–H groups in total. The average Bonchev–Trinajstić information content (AvgIpc) is 2.90. The standard InChI is InChI=1S/C31H32N2O4S/c1-21-12-15-25(16-13-21)38(35,36)33-20-29(37-28-17-14-24(18-27(28)33)31(2,3)4)30(34)32-19-23-10-7-9-22-8-5-6-11-26(22)23/h5-18,29H,19-20H2,1-4H3,(H,32,34)/t29-/m0/s1. The van der Waals surface area contributed by atoms with E-state index in [0.29, 0.717) is 18.0 Å². The van der Waals surface area contributed by atoms with Gasteiger partial charge in [0.2, 0.25) is 0 Å². The molecule has 0 aromatic heterocycles. The van der Waals surface area contributed by atoms with Crippen molar-refractivity contribution in [2.45, 2.75) is 50.7 Å². The van der Waals surface area contributed by atoms with Crippen molar-refractivity contribution >= 4 is 32.4 Å². The SMILES string of the molecule is Cc1ccc(S(=O)(=O)N2C[C@@H](C(=O)NCc3cccc4ccccc34)Oc3ccc(C(C)(C)C)cc32)cc1. The molecule has 7 heteroatoms. The fraction of sp³-hybridized carbons (Fsp3) is 0.258. The number of benzene rings is 4. The molecule has 6 nitrogen and oxygen atoms in total. The third-order valence-corrected chi connectivity index (χ3v) is 8.72. The number of nitrogens with zero attached hydrogens (tertiary/aromatic N) is 1. The van der Waals surface area contributed by atoms with Crippen LogP contribution in [0, 0.1) is 6.92 Å². The zero-order valence-corrected chi connectivity index (χ0v) is 22.9. The number of ether oxygens (including phenoxy) is 1. The largest absolute Gasteiger partial charge is 0.476 e. The Morgan fingerprint density at radius 2 is 1.68 bits per heavy atom. The van der Waals surface area contributed by atoms with Crippen LogP contribution in [0.2, 0.25) is 0 Å². The topological polar surface area (TPSA) is 75.7 Å². The normalized spacial score (nSPS) is 15.6. The van der Waals surface area contributed by atoms with Gasteiger partial charge < -0.3 is 10.1 Å². The van der Waals surface area contributed by atoms with Gasteiger partial charge in [-0.3, -0.25) is 9.10 Å². The molecule has 1 aliphatic rings. The number of carbonyl (C=O) groups excluding carboxylic acids is 1. The minimum Gasteiger partial charge on any atom is -0.476 e. The molecule has 1 aliphatic heterocycles. The summed E-state index contributed by atoms with van der Waals surface area (Å²) in [7, 11) is -3.94. The van der Waals surface area contributed by atoms with Gasteiger partial charge in [0.05, 0.1) is 17.1 Å². The maximum atomic E-state index is 13.9. The number of amides is 1. The highest BCUT2D eigenvalue weighted by Gasteiger charge is 2.38. The molecule has 1 heterocycles. The molecule has 0 aliphatic carbocycles. The lowest BCUT2D eigenvalue weighted by atomic mass is 9.86. The summed E-state index contributed by atoms with van der Waals surface area (Å²) in [4.78, 5) is 13.5. The van der Waals surface area contributed by atoms with Crippen LogP contribution in [0.15, 0.2) is 89.8 Å². The molecule has 4 aromatic carbocycles. The van der Waals surface area contributed by atoms with Crippen molar-refractivity contribution in [3.8, 4) is 5.75 Å². The van der Waals surface area contributed by atoms with Crippen molar-refractivity contribution in [3.05, 3.63) is 102 Å². The van der Waals surface area contributed by atoms with Crippen molar-refractivity contribution < 1.29 is 17.9 Å². The number of sulfonamides is 1. The first-order valence-corrected chi connectivity index (χ1v) is 14.1. The van der Waals surface area contributed by atoms with Crippen LogP contribution >= 0.6 is 0 Å². The predicted molar refractivity (Wildman–Crippen MR) is 151 cm³/mol. The van der Waals surface area contributed by atoms with Gasteiger partial charge in [0.1, 0.15) is 5.75 Å². The van der Waals surface area contributed by atoms with E-state index in [0.717, 1.165) is 27.5 Å². The lowest BCUT2D eigenvalue weighted by molar-refractivity contribution is -0.127. The first-order chi connectivity index (χ1) is 18.0. The van der Waals surface area contributed by atoms with Gasteiger partial charge >= 0.3 is 0 Å². The number of carbonyl (C=O) groups is 1. The van der Waals surface area contributed by atoms with Gasteiger partial charge in [-0.1, -0.05) is 87.0 Å². The predicted octanol–water partition coefficient (Wildman–Crippen LogP) is 5.72. The molecule has 196 valence electrons. The van der Waals surface area contributed by atoms with Crippen molar-refractivity contribution in [2.75, 3.05) is 10.8 Å². The van der Waals surface area contributed by atoms with Crippen LogP contribution in [0.25, 0.3) is 10.8 Å². The molecule has 0 spiro atoms. The number of rotatable bonds is 5. The molecule has 1 amide bonds. The Balaban J connectivity index is 1.47. The van der Waals surface area contributed by atoms with E-state index in [1.165, 1.54) is 4.31 Å². The van der Waals surface area contributed by atoms with Gasteiger partial charge in [-0.15, -0.1) is 0 Å². The average molecular weight is 529 g/mol. The number of nitrogens with one attached hydrogen (secondary N) is 1. The van der Waals surface area contributed by atoms with E-state index in [1.807, 2.05) is 61.5 Å². The maximum absolute atomic E-state index is 13.9. The molecule has 0 radical (unpaired) electrons. The Labute approximate surface area is 224 Å². The summed E-state index contributed by atoms with van der Waals surface area (Å²) in [6.45, 7) is 8.30. The molecule has 0 saturated heterocycles. The highest BCUT2D eigenvalue weighted by molar-refractivity contribution is 7.92. The maximum Gasteiger partial charge on any atom is 0.264 e. The highest BCUT2D eigenvalue weighted by Crippen LogP contribution is 2.40. The molecule has 38 heavy (non-hydrogen) atoms. The Hall–Kier alpha value is -3.84. The fourth-order valence-electron chi connectivity index (χ4n) is 4.66. The second-order valence-electron chi connectivity index (χ2n) is 10.7. The minimum absolute atomic E-state index is 0.127. The van der Waals surface area contributed by atoms with E-state index in [2.05, 4.69) is 26.1 Å². The van der Waals surface area contributed by atoms with Crippen LogP contribution in [-0.4, -0.2) is 27.0 Å². The molecule has 0 bridgehead atoms. The van der Waals surface area contributed by atoms with Crippen LogP contribution < -0.4 is 14.4 Å². The van der Waals surface area contributed by atoms with Gasteiger partial charge in [-0.05, 0) is 58.5 Å². The third-order valence-electron chi connectivity index (χ3n) is 6.93. The minimum atomic E-state index is -3.94. The van der Waals surface area contributed by atoms with Gasteiger partial charge in [0.15, 0.2) is 6.10 Å². The Bertz CT molecular complexity index is 1600. The molecule has 0 fully saturated rings. The fourth-order valence-corrected chi connectivity index (χ4v) is 6.13. The van der Waals surface area contributed by atoms with E-state index >= 15 is 0 Å². The zero-order chi connectivity index (χ0) is 27.1. The molecular weight excluding hydrogens is 496 g/mol. The second kappa shape index (κ2) is 9.80. The van der Waals surface area contributed by atoms with Crippen LogP contribution in [0.5, 0.6) is 5.75 Å². The van der Waals surface area contributed by atoms with E-state index < -0.39 is 16.1 Å². The molecule has 0 saturated carbocycles. The number of aryl methyl sites for hydroxylation is 1. The van der Waals surface area contributed by atoms with E-state index in [9.17, 15) is 13.2 Å². The first kappa shape index (κ1) is 25.8. The van der Waals surface area contributed by atoms with Crippen molar-refractivity contribution in [2.24, 2.45) is 0 Å². The summed E-state index contributed by atoms with van der Waals surface area (Å²) < 4.78 is 35.1. The summed E-state index contributed by atoms with van der Waals surface area (Å²) in [5.41, 5.74) is 3.17. The van der Waals surface area contributed by atoms with E-state index in [1.54, 1.807) is 30.3 Å². The Kier molecular flexibility index (Phi) is 6.65. The summed E-state index contributed by atoms with van der Waals surface area (Å²) in [6, 6.07) is 26.2. The van der Waals surface area contributed by atoms with Crippen LogP contribution in [0.4, 0.5) is 5.69 Å². The van der Waals surface area contributed by atoms with E-state index in [4.69, 9.17) is 4.74 Å². The van der Waals surface area contributed by atoms with Crippen molar-refractivity contribution in [1.82, 2.24) is 5.32 Å². The summed E-state index contributed by atoms with van der Waals surface area (Å²) >= 11 is 0. The smallest absolute Gasteiger partial charge is 0.264 e. The zero-order valence-electron chi connectivity index (χ0n) is 22.1. The molecule has 5 rings (SSSR count). The van der Waals surface area contributed by atoms with Crippen LogP contribution in [0.1, 0.15) is 37.5 Å². The Morgan fingerprint density at radius 3 is 2.42 bits per heavy atom. The quantitative estimate of drug-likeness (QED) is 0.360. The van der Waals surface area contributed by atoms with Crippen LogP contribution in [0.3, 0.4) is 0 Å². The van der Waals surface area contributed by atoms with Gasteiger partial charge in [0, 0.05) is 6.54 Å². The second-order valence-corrected chi connectivity index (χ2v) is 12.6. The number of hydrogen-bond donors (Lipinski definition) is 1. The number of hydrogen-bond acceptors (Lipinski definition) is 4. The Morgan fingerprint density at radius 1 is 0.974 bits per heavy atom. The van der Waals surface area contributed by atoms with Crippen molar-refractivity contribution in [1.29, 1.82) is 0 Å². The highest BCUT2D eigenvalue weighted by atomic mass is 32.2. The van der Waals surface area contributed by atoms with Crippen molar-refractivity contribution in [3.63, 3.8) is 0 Å². The monoisotopic (exact) mass is 528 g/mol. The molecule has 1 atom stereocenters. The molecule has 4 aromatic rings. The third kappa shape index (κ3) is 4.98. The molecule has 0 unspecified atom stereocenters. The number of fused-ring (bicyclic) bond motifs is 2. The lowest BCUT2D eigenvalue weighted by Gasteiger charge is -2.36. The first-order valence-electron chi connectivity index (χ1n) is 12.7. The lowest BCUT2D eigenvalue weighted by Crippen LogP contribution is -2.50. The molecular formula is C31H32N2O4S. The summed E-state index contributed by atoms with van der Waals surface area (Å²) in [6.07, 6.45) is -1.00. The summed E-state index contributed by atoms with van der Waals surface area (Å²) in [5, 5.41) is 5.11. The van der Waals surface area contributed by atoms with Gasteiger partial charge in [-0.2, -0.15) is 0 Å². The summed E-state index contributed by atoms with van der Waals surface area (Å²) in [5.74, 6) is -0.00200.